The number of aromatic amines is 1. The van der Waals surface area contributed by atoms with Gasteiger partial charge in [0.05, 0.1) is 12.5 Å². The zero-order valence-electron chi connectivity index (χ0n) is 13.1. The van der Waals surface area contributed by atoms with Crippen molar-refractivity contribution >= 4 is 23.3 Å². The average Bonchev–Trinajstić information content (AvgIpc) is 2.98. The smallest absolute Gasteiger partial charge is 0.272 e. The minimum Gasteiger partial charge on any atom is -0.389 e. The van der Waals surface area contributed by atoms with Crippen molar-refractivity contribution in [2.24, 2.45) is 11.1 Å². The number of amides is 2. The topological polar surface area (TPSA) is 117 Å². The zero-order valence-corrected chi connectivity index (χ0v) is 13.1. The predicted octanol–water partition coefficient (Wildman–Crippen LogP) is -0.282. The maximum atomic E-state index is 12.5. The van der Waals surface area contributed by atoms with Gasteiger partial charge in [-0.05, 0) is 18.9 Å². The molecule has 1 saturated carbocycles. The summed E-state index contributed by atoms with van der Waals surface area (Å²) in [6.45, 7) is 2.09. The van der Waals surface area contributed by atoms with E-state index in [1.165, 1.54) is 13.0 Å². The Labute approximate surface area is 137 Å². The molecule has 2 N–H and O–H groups in total. The molecule has 126 valence electrons. The quantitative estimate of drug-likeness (QED) is 0.736. The van der Waals surface area contributed by atoms with Crippen LogP contribution in [0.3, 0.4) is 0 Å². The van der Waals surface area contributed by atoms with E-state index < -0.39 is 0 Å². The third kappa shape index (κ3) is 2.55. The van der Waals surface area contributed by atoms with E-state index >= 15 is 0 Å². The van der Waals surface area contributed by atoms with Crippen molar-refractivity contribution in [2.75, 3.05) is 13.1 Å². The lowest BCUT2D eigenvalue weighted by atomic mass is 10.0. The van der Waals surface area contributed by atoms with Gasteiger partial charge in [-0.15, -0.1) is 0 Å². The molecule has 0 unspecified atom stereocenters. The number of H-pyrrole nitrogens is 1. The summed E-state index contributed by atoms with van der Waals surface area (Å²) in [6, 6.07) is 1.68. The van der Waals surface area contributed by atoms with E-state index in [9.17, 15) is 14.4 Å². The lowest BCUT2D eigenvalue weighted by Gasteiger charge is -2.15. The molecule has 1 aromatic heterocycles. The van der Waals surface area contributed by atoms with Gasteiger partial charge >= 0.3 is 0 Å². The highest BCUT2D eigenvalue weighted by molar-refractivity contribution is 6.40. The summed E-state index contributed by atoms with van der Waals surface area (Å²) in [4.78, 5) is 42.9. The van der Waals surface area contributed by atoms with Gasteiger partial charge in [0, 0.05) is 19.5 Å². The number of Topliss-reactive ketones (excluding diaryl/α,β-unsaturated/α-hetero) is 1. The summed E-state index contributed by atoms with van der Waals surface area (Å²) in [5.41, 5.74) is 0.831. The number of nitrogens with one attached hydrogen (secondary N) is 2. The van der Waals surface area contributed by atoms with E-state index in [1.807, 2.05) is 0 Å². The minimum atomic E-state index is -0.302. The number of likely N-dealkylation sites (tertiary alicyclic amines) is 1. The van der Waals surface area contributed by atoms with E-state index in [2.05, 4.69) is 20.7 Å². The van der Waals surface area contributed by atoms with Gasteiger partial charge < -0.3 is 15.1 Å². The normalized spacial score (nSPS) is 25.0. The van der Waals surface area contributed by atoms with Crippen molar-refractivity contribution in [1.29, 1.82) is 0 Å². The molecule has 0 spiro atoms. The van der Waals surface area contributed by atoms with Crippen molar-refractivity contribution in [1.82, 2.24) is 20.4 Å². The number of ketones is 1. The van der Waals surface area contributed by atoms with Crippen molar-refractivity contribution in [3.05, 3.63) is 17.5 Å². The fourth-order valence-electron chi connectivity index (χ4n) is 2.98. The highest BCUT2D eigenvalue weighted by Gasteiger charge is 2.47. The Morgan fingerprint density at radius 1 is 1.33 bits per heavy atom. The van der Waals surface area contributed by atoms with Crippen molar-refractivity contribution < 1.29 is 19.2 Å². The summed E-state index contributed by atoms with van der Waals surface area (Å²) in [5, 5.41) is 13.2. The van der Waals surface area contributed by atoms with Crippen LogP contribution in [-0.4, -0.2) is 63.6 Å². The number of carbonyl (C=O) groups excluding carboxylic acids is 3. The second kappa shape index (κ2) is 5.43. The number of rotatable bonds is 4. The molecule has 24 heavy (non-hydrogen) atoms. The Bertz CT molecular complexity index is 751. The fraction of sp³-hybridized carbons (Fsp3) is 0.533. The third-order valence-electron chi connectivity index (χ3n) is 4.51. The number of fused-ring (bicyclic) bond motifs is 1. The number of nitrogens with zero attached hydrogens (tertiary/aromatic N) is 3. The van der Waals surface area contributed by atoms with Crippen LogP contribution in [0.15, 0.2) is 11.2 Å². The largest absolute Gasteiger partial charge is 0.389 e. The molecule has 1 aliphatic carbocycles. The van der Waals surface area contributed by atoms with Gasteiger partial charge in [0.1, 0.15) is 11.4 Å². The van der Waals surface area contributed by atoms with Crippen LogP contribution in [0, 0.1) is 5.92 Å². The standard InChI is InChI=1S/C15H17N5O4/c1-7(21)10-4-11(18-17-10)15(23)20-5-9-12(6-20)24-19-13(9)14(22)16-8-2-3-8/h4,8-9,12H,2-3,5-6H2,1H3,(H,16,22)(H,17,18)/t9-,12+/m0/s1. The van der Waals surface area contributed by atoms with Crippen LogP contribution >= 0.6 is 0 Å². The molecule has 2 fully saturated rings. The summed E-state index contributed by atoms with van der Waals surface area (Å²) >= 11 is 0. The Hall–Kier alpha value is -2.71. The predicted molar refractivity (Wildman–Crippen MR) is 81.5 cm³/mol. The zero-order chi connectivity index (χ0) is 16.8. The first-order chi connectivity index (χ1) is 11.5. The molecule has 4 rings (SSSR count). The Morgan fingerprint density at radius 2 is 2.12 bits per heavy atom. The molecule has 3 aliphatic rings. The second-order valence-electron chi connectivity index (χ2n) is 6.41. The molecular weight excluding hydrogens is 314 g/mol. The molecule has 2 amide bonds. The van der Waals surface area contributed by atoms with Gasteiger partial charge in [0.2, 0.25) is 0 Å². The van der Waals surface area contributed by atoms with Gasteiger partial charge in [-0.1, -0.05) is 5.16 Å². The first kappa shape index (κ1) is 14.9. The second-order valence-corrected chi connectivity index (χ2v) is 6.41. The van der Waals surface area contributed by atoms with Crippen LogP contribution in [0.2, 0.25) is 0 Å². The minimum absolute atomic E-state index is 0.209. The maximum absolute atomic E-state index is 12.5. The van der Waals surface area contributed by atoms with Crippen LogP contribution in [0.1, 0.15) is 40.7 Å². The molecule has 9 nitrogen and oxygen atoms in total. The van der Waals surface area contributed by atoms with Crippen molar-refractivity contribution in [3.63, 3.8) is 0 Å². The Morgan fingerprint density at radius 3 is 2.79 bits per heavy atom. The molecule has 1 aromatic rings. The molecule has 2 aliphatic heterocycles. The fourth-order valence-corrected chi connectivity index (χ4v) is 2.98. The van der Waals surface area contributed by atoms with Crippen molar-refractivity contribution in [3.8, 4) is 0 Å². The van der Waals surface area contributed by atoms with Crippen LogP contribution in [0.4, 0.5) is 0 Å². The van der Waals surface area contributed by atoms with Crippen LogP contribution < -0.4 is 5.32 Å². The van der Waals surface area contributed by atoms with E-state index in [4.69, 9.17) is 4.84 Å². The number of carbonyl (C=O) groups is 3. The number of hydrogen-bond acceptors (Lipinski definition) is 6. The average molecular weight is 331 g/mol. The maximum Gasteiger partial charge on any atom is 0.272 e. The number of aromatic nitrogens is 2. The van der Waals surface area contributed by atoms with Gasteiger partial charge in [0.15, 0.2) is 17.6 Å². The third-order valence-corrected chi connectivity index (χ3v) is 4.51. The monoisotopic (exact) mass is 331 g/mol. The van der Waals surface area contributed by atoms with Gasteiger partial charge in [0.25, 0.3) is 11.8 Å². The van der Waals surface area contributed by atoms with E-state index in [1.54, 1.807) is 4.90 Å². The molecule has 2 atom stereocenters. The highest BCUT2D eigenvalue weighted by atomic mass is 16.6. The number of oxime groups is 1. The first-order valence-corrected chi connectivity index (χ1v) is 7.93. The molecule has 3 heterocycles. The highest BCUT2D eigenvalue weighted by Crippen LogP contribution is 2.29. The SMILES string of the molecule is CC(=O)c1cc(C(=O)N2C[C@@H]3C(C(=O)NC4CC4)=NO[C@@H]3C2)[nH]n1. The van der Waals surface area contributed by atoms with E-state index in [-0.39, 0.29) is 47.0 Å². The van der Waals surface area contributed by atoms with E-state index in [0.29, 0.717) is 18.8 Å². The molecule has 0 radical (unpaired) electrons. The molecular formula is C15H17N5O4. The molecule has 9 heteroatoms. The first-order valence-electron chi connectivity index (χ1n) is 7.93. The van der Waals surface area contributed by atoms with Crippen molar-refractivity contribution in [2.45, 2.75) is 31.9 Å². The lowest BCUT2D eigenvalue weighted by Crippen LogP contribution is -2.38. The summed E-state index contributed by atoms with van der Waals surface area (Å²) in [7, 11) is 0. The summed E-state index contributed by atoms with van der Waals surface area (Å²) in [5.74, 6) is -0.907. The van der Waals surface area contributed by atoms with Crippen LogP contribution in [0.5, 0.6) is 0 Å². The van der Waals surface area contributed by atoms with Gasteiger partial charge in [-0.3, -0.25) is 19.5 Å². The van der Waals surface area contributed by atoms with E-state index in [0.717, 1.165) is 12.8 Å². The van der Waals surface area contributed by atoms with Crippen LogP contribution in [-0.2, 0) is 9.63 Å². The number of hydrogen-bond donors (Lipinski definition) is 2. The van der Waals surface area contributed by atoms with Crippen LogP contribution in [0.25, 0.3) is 0 Å². The Balaban J connectivity index is 1.44. The summed E-state index contributed by atoms with van der Waals surface area (Å²) in [6.07, 6.45) is 1.69. The lowest BCUT2D eigenvalue weighted by molar-refractivity contribution is -0.115. The molecule has 1 saturated heterocycles. The molecule has 0 aromatic carbocycles. The van der Waals surface area contributed by atoms with Gasteiger partial charge in [-0.2, -0.15) is 5.10 Å². The molecule has 0 bridgehead atoms. The van der Waals surface area contributed by atoms with Gasteiger partial charge in [-0.25, -0.2) is 0 Å². The Kier molecular flexibility index (Phi) is 3.36. The summed E-state index contributed by atoms with van der Waals surface area (Å²) < 4.78 is 0.